The highest BCUT2D eigenvalue weighted by molar-refractivity contribution is 5.89. The summed E-state index contributed by atoms with van der Waals surface area (Å²) in [6.07, 6.45) is 6.54. The standard InChI is InChI=1S/C28H27N5O/c1-19-10-11-22(14-20(19)2)33-28(31-12-6-7-13-31)24-17-32(18-25(24)29-33)27(34)15-21-16-30(3)26-9-5-4-8-23(21)26/h4-14,16H,15,17-18H2,1-3H3. The van der Waals surface area contributed by atoms with Crippen molar-refractivity contribution in [1.29, 1.82) is 0 Å². The Bertz CT molecular complexity index is 1540. The summed E-state index contributed by atoms with van der Waals surface area (Å²) in [6, 6.07) is 18.7. The molecule has 4 heterocycles. The van der Waals surface area contributed by atoms with Crippen molar-refractivity contribution in [2.24, 2.45) is 7.05 Å². The van der Waals surface area contributed by atoms with Crippen LogP contribution in [0.2, 0.25) is 0 Å². The third kappa shape index (κ3) is 3.25. The number of benzene rings is 2. The second-order valence-electron chi connectivity index (χ2n) is 9.23. The van der Waals surface area contributed by atoms with Crippen molar-refractivity contribution in [2.45, 2.75) is 33.4 Å². The first-order chi connectivity index (χ1) is 16.5. The van der Waals surface area contributed by atoms with Crippen LogP contribution < -0.4 is 0 Å². The van der Waals surface area contributed by atoms with Crippen LogP contribution in [0.25, 0.3) is 22.4 Å². The smallest absolute Gasteiger partial charge is 0.227 e. The molecule has 6 nitrogen and oxygen atoms in total. The summed E-state index contributed by atoms with van der Waals surface area (Å²) in [6.45, 7) is 5.34. The predicted octanol–water partition coefficient (Wildman–Crippen LogP) is 4.86. The highest BCUT2D eigenvalue weighted by Gasteiger charge is 2.31. The number of amides is 1. The largest absolute Gasteiger partial charge is 0.350 e. The maximum atomic E-state index is 13.3. The van der Waals surface area contributed by atoms with Crippen molar-refractivity contribution in [3.63, 3.8) is 0 Å². The van der Waals surface area contributed by atoms with Gasteiger partial charge in [-0.1, -0.05) is 24.3 Å². The number of hydrogen-bond donors (Lipinski definition) is 0. The molecule has 0 radical (unpaired) electrons. The molecule has 0 aliphatic carbocycles. The van der Waals surface area contributed by atoms with Crippen LogP contribution in [0.4, 0.5) is 0 Å². The molecule has 34 heavy (non-hydrogen) atoms. The van der Waals surface area contributed by atoms with Crippen molar-refractivity contribution in [3.8, 4) is 11.5 Å². The Morgan fingerprint density at radius 1 is 0.971 bits per heavy atom. The van der Waals surface area contributed by atoms with Crippen LogP contribution in [-0.4, -0.2) is 29.7 Å². The van der Waals surface area contributed by atoms with E-state index in [4.69, 9.17) is 5.10 Å². The molecule has 6 rings (SSSR count). The first-order valence-corrected chi connectivity index (χ1v) is 11.6. The van der Waals surface area contributed by atoms with Crippen LogP contribution in [0.3, 0.4) is 0 Å². The molecular formula is C28H27N5O. The van der Waals surface area contributed by atoms with E-state index in [1.807, 2.05) is 53.3 Å². The fourth-order valence-electron chi connectivity index (χ4n) is 5.00. The van der Waals surface area contributed by atoms with E-state index in [2.05, 4.69) is 59.5 Å². The van der Waals surface area contributed by atoms with Gasteiger partial charge in [-0.3, -0.25) is 4.79 Å². The molecule has 0 saturated carbocycles. The number of aryl methyl sites for hydroxylation is 3. The van der Waals surface area contributed by atoms with Crippen LogP contribution in [0.5, 0.6) is 0 Å². The highest BCUT2D eigenvalue weighted by atomic mass is 16.2. The number of rotatable bonds is 4. The summed E-state index contributed by atoms with van der Waals surface area (Å²) in [5, 5.41) is 6.12. The van der Waals surface area contributed by atoms with Crippen LogP contribution in [-0.2, 0) is 31.4 Å². The lowest BCUT2D eigenvalue weighted by atomic mass is 10.1. The topological polar surface area (TPSA) is 48.0 Å². The van der Waals surface area contributed by atoms with Gasteiger partial charge in [0.15, 0.2) is 0 Å². The number of nitrogens with zero attached hydrogens (tertiary/aromatic N) is 5. The Morgan fingerprint density at radius 2 is 1.76 bits per heavy atom. The fourth-order valence-corrected chi connectivity index (χ4v) is 5.00. The van der Waals surface area contributed by atoms with E-state index in [-0.39, 0.29) is 5.91 Å². The fraction of sp³-hybridized carbons (Fsp3) is 0.214. The highest BCUT2D eigenvalue weighted by Crippen LogP contribution is 2.32. The Labute approximate surface area is 198 Å². The predicted molar refractivity (Wildman–Crippen MR) is 133 cm³/mol. The summed E-state index contributed by atoms with van der Waals surface area (Å²) in [5.41, 5.74) is 7.83. The van der Waals surface area contributed by atoms with Crippen molar-refractivity contribution in [1.82, 2.24) is 23.8 Å². The average Bonchev–Trinajstić information content (AvgIpc) is 3.60. The zero-order valence-corrected chi connectivity index (χ0v) is 19.7. The minimum atomic E-state index is 0.130. The molecule has 1 aliphatic rings. The Balaban J connectivity index is 1.33. The minimum Gasteiger partial charge on any atom is -0.350 e. The van der Waals surface area contributed by atoms with Gasteiger partial charge in [-0.2, -0.15) is 5.10 Å². The van der Waals surface area contributed by atoms with Gasteiger partial charge in [0.05, 0.1) is 30.9 Å². The minimum absolute atomic E-state index is 0.130. The second kappa shape index (κ2) is 7.76. The van der Waals surface area contributed by atoms with Crippen molar-refractivity contribution in [2.75, 3.05) is 0 Å². The van der Waals surface area contributed by atoms with Gasteiger partial charge in [0.2, 0.25) is 5.91 Å². The molecule has 5 aromatic rings. The van der Waals surface area contributed by atoms with E-state index < -0.39 is 0 Å². The van der Waals surface area contributed by atoms with Gasteiger partial charge in [0.1, 0.15) is 5.82 Å². The van der Waals surface area contributed by atoms with Gasteiger partial charge >= 0.3 is 0 Å². The van der Waals surface area contributed by atoms with Gasteiger partial charge in [0, 0.05) is 42.1 Å². The normalized spacial score (nSPS) is 13.1. The van der Waals surface area contributed by atoms with Gasteiger partial charge < -0.3 is 14.0 Å². The lowest BCUT2D eigenvalue weighted by Crippen LogP contribution is -2.27. The molecule has 0 bridgehead atoms. The van der Waals surface area contributed by atoms with Crippen LogP contribution in [0, 0.1) is 13.8 Å². The molecular weight excluding hydrogens is 422 g/mol. The molecule has 0 fully saturated rings. The SMILES string of the molecule is Cc1ccc(-n2nc3c(c2-n2cccc2)CN(C(=O)Cc2cn(C)c4ccccc24)C3)cc1C. The summed E-state index contributed by atoms with van der Waals surface area (Å²) >= 11 is 0. The zero-order valence-electron chi connectivity index (χ0n) is 19.7. The van der Waals surface area contributed by atoms with E-state index in [1.165, 1.54) is 11.1 Å². The van der Waals surface area contributed by atoms with Crippen LogP contribution >= 0.6 is 0 Å². The van der Waals surface area contributed by atoms with Crippen molar-refractivity contribution < 1.29 is 4.79 Å². The van der Waals surface area contributed by atoms with Crippen molar-refractivity contribution >= 4 is 16.8 Å². The Morgan fingerprint density at radius 3 is 2.56 bits per heavy atom. The molecule has 0 spiro atoms. The van der Waals surface area contributed by atoms with E-state index in [1.54, 1.807) is 0 Å². The van der Waals surface area contributed by atoms with E-state index in [0.29, 0.717) is 19.5 Å². The number of carbonyl (C=O) groups excluding carboxylic acids is 1. The quantitative estimate of drug-likeness (QED) is 0.394. The maximum Gasteiger partial charge on any atom is 0.227 e. The number of para-hydroxylation sites is 1. The van der Waals surface area contributed by atoms with Gasteiger partial charge in [-0.25, -0.2) is 4.68 Å². The second-order valence-corrected chi connectivity index (χ2v) is 9.23. The molecule has 0 saturated heterocycles. The molecule has 6 heteroatoms. The summed E-state index contributed by atoms with van der Waals surface area (Å²) in [5.74, 6) is 1.13. The molecule has 3 aromatic heterocycles. The maximum absolute atomic E-state index is 13.3. The zero-order chi connectivity index (χ0) is 23.4. The molecule has 2 aromatic carbocycles. The number of hydrogen-bond acceptors (Lipinski definition) is 2. The summed E-state index contributed by atoms with van der Waals surface area (Å²) in [7, 11) is 2.03. The number of aromatic nitrogens is 4. The average molecular weight is 450 g/mol. The molecule has 0 unspecified atom stereocenters. The first kappa shape index (κ1) is 20.5. The Hall–Kier alpha value is -4.06. The van der Waals surface area contributed by atoms with E-state index in [9.17, 15) is 4.79 Å². The molecule has 0 N–H and O–H groups in total. The monoisotopic (exact) mass is 449 g/mol. The van der Waals surface area contributed by atoms with Crippen LogP contribution in [0.15, 0.2) is 73.2 Å². The number of carbonyl (C=O) groups is 1. The summed E-state index contributed by atoms with van der Waals surface area (Å²) in [4.78, 5) is 15.3. The third-order valence-electron chi connectivity index (χ3n) is 6.99. The lowest BCUT2D eigenvalue weighted by molar-refractivity contribution is -0.131. The molecule has 0 atom stereocenters. The van der Waals surface area contributed by atoms with Crippen molar-refractivity contribution in [3.05, 3.63) is 101 Å². The van der Waals surface area contributed by atoms with Gasteiger partial charge in [-0.15, -0.1) is 0 Å². The molecule has 1 aliphatic heterocycles. The van der Waals surface area contributed by atoms with Gasteiger partial charge in [0.25, 0.3) is 0 Å². The van der Waals surface area contributed by atoms with Crippen LogP contribution in [0.1, 0.15) is 27.9 Å². The van der Waals surface area contributed by atoms with E-state index >= 15 is 0 Å². The first-order valence-electron chi connectivity index (χ1n) is 11.6. The summed E-state index contributed by atoms with van der Waals surface area (Å²) < 4.78 is 6.21. The molecule has 1 amide bonds. The Kier molecular flexibility index (Phi) is 4.69. The van der Waals surface area contributed by atoms with Gasteiger partial charge in [-0.05, 0) is 60.9 Å². The molecule has 170 valence electrons. The number of fused-ring (bicyclic) bond motifs is 2. The van der Waals surface area contributed by atoms with E-state index in [0.717, 1.165) is 39.2 Å². The lowest BCUT2D eigenvalue weighted by Gasteiger charge is -2.18. The third-order valence-corrected chi connectivity index (χ3v) is 6.99.